The molecule has 64 heavy (non-hydrogen) atoms. The molecule has 5 aliphatic rings. The fourth-order valence-corrected chi connectivity index (χ4v) is 11.6. The number of halogens is 1. The first kappa shape index (κ1) is 45.6. The molecule has 15 heteroatoms. The number of fused-ring (bicyclic) bond motifs is 6. The summed E-state index contributed by atoms with van der Waals surface area (Å²) in [4.78, 5) is 43.6. The zero-order chi connectivity index (χ0) is 45.2. The van der Waals surface area contributed by atoms with Crippen LogP contribution in [-0.4, -0.2) is 97.5 Å². The minimum Gasteiger partial charge on any atom is -0.484 e. The molecule has 344 valence electrons. The zero-order valence-corrected chi connectivity index (χ0v) is 37.6. The van der Waals surface area contributed by atoms with Gasteiger partial charge in [0.1, 0.15) is 42.4 Å². The second kappa shape index (κ2) is 19.2. The third-order valence-corrected chi connectivity index (χ3v) is 16.6. The molecule has 2 aliphatic heterocycles. The minimum atomic E-state index is -3.29. The number of sulfone groups is 1. The number of benzene rings is 2. The van der Waals surface area contributed by atoms with Crippen LogP contribution in [0, 0.1) is 17.2 Å². The van der Waals surface area contributed by atoms with Crippen molar-refractivity contribution in [2.24, 2.45) is 11.3 Å². The number of aliphatic hydroxyl groups is 1. The summed E-state index contributed by atoms with van der Waals surface area (Å²) in [5, 5.41) is 21.4. The Morgan fingerprint density at radius 2 is 1.95 bits per heavy atom. The Morgan fingerprint density at radius 3 is 2.75 bits per heavy atom. The lowest BCUT2D eigenvalue weighted by molar-refractivity contribution is -0.140. The molecular formula is C49H61FN4O9S. The number of hydrogen-bond acceptors (Lipinski definition) is 10. The molecule has 7 unspecified atom stereocenters. The molecule has 3 aromatic rings. The predicted molar refractivity (Wildman–Crippen MR) is 241 cm³/mol. The number of nitrogens with zero attached hydrogens (tertiary/aromatic N) is 1. The van der Waals surface area contributed by atoms with E-state index in [1.165, 1.54) is 23.1 Å². The second-order valence-corrected chi connectivity index (χ2v) is 21.0. The molecule has 3 fully saturated rings. The third-order valence-electron chi connectivity index (χ3n) is 13.9. The van der Waals surface area contributed by atoms with Crippen LogP contribution in [0.3, 0.4) is 0 Å². The number of para-hydroxylation sites is 1. The standard InChI is InChI=1S/C49H61FN4O9S/c1-4-24-61-48(58)53-39-14-9-7-5-6-8-12-33-27-49(33,47(57)52-28-31(3)64(59,60)36-20-21-36)22-23-51-45(55)40-26-35(29-54(40)46(39)56)62-43-38-25-34(50)19-18-32(38)17-16-30(2)42-37-13-10-11-15-41(37)63-44(42)43/h4,8,10-13,15,18-19,25,31,33,35-36,39-40,47,52,57H,1,5-7,9,14,16-17,20-24,26-29H2,2-3H3,(H,51,55)(H,53,58). The quantitative estimate of drug-likeness (QED) is 0.151. The van der Waals surface area contributed by atoms with Crippen LogP contribution in [0.5, 0.6) is 0 Å². The number of carbonyl (C=O) groups is 3. The molecule has 0 bridgehead atoms. The Bertz CT molecular complexity index is 2540. The van der Waals surface area contributed by atoms with E-state index in [9.17, 15) is 27.9 Å². The number of ether oxygens (including phenoxy) is 2. The number of nitrogens with one attached hydrogen (secondary N) is 3. The summed E-state index contributed by atoms with van der Waals surface area (Å²) in [6.07, 6.45) is 10.3. The van der Waals surface area contributed by atoms with Crippen LogP contribution in [0.15, 0.2) is 71.7 Å². The van der Waals surface area contributed by atoms with Gasteiger partial charge in [-0.3, -0.25) is 14.9 Å². The minimum absolute atomic E-state index is 0.0102. The number of amides is 3. The van der Waals surface area contributed by atoms with Gasteiger partial charge in [-0.15, -0.1) is 0 Å². The highest BCUT2D eigenvalue weighted by atomic mass is 32.2. The molecule has 7 atom stereocenters. The van der Waals surface area contributed by atoms with Crippen molar-refractivity contribution in [3.63, 3.8) is 0 Å². The number of furan rings is 1. The van der Waals surface area contributed by atoms with Crippen LogP contribution >= 0.6 is 0 Å². The fraction of sp³-hybridized carbons (Fsp3) is 0.531. The normalized spacial score (nSPS) is 26.5. The number of aliphatic hydroxyl groups excluding tert-OH is 1. The molecule has 0 radical (unpaired) electrons. The Kier molecular flexibility index (Phi) is 13.7. The summed E-state index contributed by atoms with van der Waals surface area (Å²) in [6, 6.07) is 10.3. The van der Waals surface area contributed by atoms with Crippen molar-refractivity contribution in [1.82, 2.24) is 20.9 Å². The Labute approximate surface area is 374 Å². The molecular weight excluding hydrogens is 840 g/mol. The molecule has 3 aliphatic carbocycles. The SMILES string of the molecule is C=CCOC(=O)NC1CCCCCC=CC2CC2(C(O)NCC(C)S(=O)(=O)C2CC2)CCNC(=O)C2CC(OC3=c4oc5ccccc5c4=C(C)CCc4ccc(F)cc43)CN2C1=O. The van der Waals surface area contributed by atoms with Gasteiger partial charge in [0.25, 0.3) is 0 Å². The van der Waals surface area contributed by atoms with Crippen LogP contribution in [-0.2, 0) is 35.3 Å². The average molecular weight is 901 g/mol. The summed E-state index contributed by atoms with van der Waals surface area (Å²) >= 11 is 0. The maximum absolute atomic E-state index is 15.2. The van der Waals surface area contributed by atoms with E-state index in [2.05, 4.69) is 41.6 Å². The second-order valence-electron chi connectivity index (χ2n) is 18.3. The van der Waals surface area contributed by atoms with Gasteiger partial charge >= 0.3 is 6.09 Å². The summed E-state index contributed by atoms with van der Waals surface area (Å²) in [5.41, 5.74) is 2.96. The van der Waals surface area contributed by atoms with Gasteiger partial charge in [0, 0.05) is 41.1 Å². The zero-order valence-electron chi connectivity index (χ0n) is 36.8. The number of allylic oxidation sites excluding steroid dienone is 2. The van der Waals surface area contributed by atoms with Gasteiger partial charge in [0.15, 0.2) is 21.0 Å². The van der Waals surface area contributed by atoms with Gasteiger partial charge in [0.05, 0.1) is 17.0 Å². The van der Waals surface area contributed by atoms with E-state index in [0.717, 1.165) is 41.0 Å². The van der Waals surface area contributed by atoms with Crippen molar-refractivity contribution in [2.75, 3.05) is 26.2 Å². The first-order valence-corrected chi connectivity index (χ1v) is 24.5. The highest BCUT2D eigenvalue weighted by Crippen LogP contribution is 2.58. The number of alkyl carbamates (subject to hydrolysis) is 1. The molecule has 13 nitrogen and oxygen atoms in total. The lowest BCUT2D eigenvalue weighted by Crippen LogP contribution is -2.54. The van der Waals surface area contributed by atoms with Crippen molar-refractivity contribution < 1.29 is 46.2 Å². The number of hydrogen-bond donors (Lipinski definition) is 4. The van der Waals surface area contributed by atoms with Crippen molar-refractivity contribution in [1.29, 1.82) is 0 Å². The van der Waals surface area contributed by atoms with Crippen molar-refractivity contribution in [2.45, 2.75) is 126 Å². The maximum atomic E-state index is 15.2. The van der Waals surface area contributed by atoms with Crippen LogP contribution < -0.4 is 26.6 Å². The van der Waals surface area contributed by atoms with E-state index in [1.807, 2.05) is 24.3 Å². The van der Waals surface area contributed by atoms with E-state index < -0.39 is 68.6 Å². The Balaban J connectivity index is 1.10. The third kappa shape index (κ3) is 9.67. The largest absolute Gasteiger partial charge is 0.484 e. The van der Waals surface area contributed by atoms with Crippen molar-refractivity contribution in [3.8, 4) is 0 Å². The highest BCUT2D eigenvalue weighted by Gasteiger charge is 2.57. The van der Waals surface area contributed by atoms with Gasteiger partial charge in [-0.2, -0.15) is 0 Å². The molecule has 2 aromatic carbocycles. The molecule has 1 aromatic heterocycles. The maximum Gasteiger partial charge on any atom is 0.408 e. The van der Waals surface area contributed by atoms with E-state index in [-0.39, 0.29) is 43.8 Å². The topological polar surface area (TPSA) is 177 Å². The smallest absolute Gasteiger partial charge is 0.408 e. The van der Waals surface area contributed by atoms with Gasteiger partial charge in [-0.05, 0) is 101 Å². The van der Waals surface area contributed by atoms with Gasteiger partial charge in [-0.25, -0.2) is 17.6 Å². The first-order chi connectivity index (χ1) is 30.8. The van der Waals surface area contributed by atoms with Crippen molar-refractivity contribution in [3.05, 3.63) is 94.8 Å². The van der Waals surface area contributed by atoms with Crippen LogP contribution in [0.25, 0.3) is 22.3 Å². The molecule has 4 N–H and O–H groups in total. The lowest BCUT2D eigenvalue weighted by Gasteiger charge is -2.29. The van der Waals surface area contributed by atoms with Gasteiger partial charge in [-0.1, -0.05) is 67.5 Å². The number of aryl methyl sites for hydroxylation is 1. The monoisotopic (exact) mass is 900 g/mol. The Morgan fingerprint density at radius 1 is 1.14 bits per heavy atom. The van der Waals surface area contributed by atoms with E-state index >= 15 is 4.39 Å². The lowest BCUT2D eigenvalue weighted by atomic mass is 9.95. The molecule has 2 saturated carbocycles. The summed E-state index contributed by atoms with van der Waals surface area (Å²) in [7, 11) is -3.29. The van der Waals surface area contributed by atoms with E-state index in [4.69, 9.17) is 13.9 Å². The van der Waals surface area contributed by atoms with Gasteiger partial charge < -0.3 is 34.5 Å². The predicted octanol–water partition coefficient (Wildman–Crippen LogP) is 5.02. The van der Waals surface area contributed by atoms with Crippen LogP contribution in [0.2, 0.25) is 0 Å². The van der Waals surface area contributed by atoms with E-state index in [1.54, 1.807) is 13.0 Å². The van der Waals surface area contributed by atoms with E-state index in [0.29, 0.717) is 73.7 Å². The molecule has 1 saturated heterocycles. The number of carbonyl (C=O) groups excluding carboxylic acids is 3. The fourth-order valence-electron chi connectivity index (χ4n) is 9.87. The molecule has 3 heterocycles. The van der Waals surface area contributed by atoms with Crippen LogP contribution in [0.4, 0.5) is 9.18 Å². The average Bonchev–Trinajstić information content (AvgIpc) is 4.18. The van der Waals surface area contributed by atoms with Crippen molar-refractivity contribution >= 4 is 50.0 Å². The van der Waals surface area contributed by atoms with Crippen LogP contribution in [0.1, 0.15) is 95.6 Å². The molecule has 0 spiro atoms. The Hall–Kier alpha value is -4.99. The summed E-state index contributed by atoms with van der Waals surface area (Å²) < 4.78 is 59.6. The molecule has 8 rings (SSSR count). The summed E-state index contributed by atoms with van der Waals surface area (Å²) in [5.74, 6) is -0.976. The highest BCUT2D eigenvalue weighted by molar-refractivity contribution is 7.92. The molecule has 3 amide bonds. The van der Waals surface area contributed by atoms with Gasteiger partial charge in [0.2, 0.25) is 11.8 Å². The first-order valence-electron chi connectivity index (χ1n) is 22.9. The number of rotatable bonds is 11. The summed E-state index contributed by atoms with van der Waals surface area (Å²) in [6.45, 7) is 7.58.